The molecule has 1 N–H and O–H groups in total. The van der Waals surface area contributed by atoms with Gasteiger partial charge in [0.15, 0.2) is 0 Å². The Labute approximate surface area is 112 Å². The zero-order valence-corrected chi connectivity index (χ0v) is 11.3. The number of piperazine rings is 1. The molecule has 0 spiro atoms. The van der Waals surface area contributed by atoms with Crippen LogP contribution in [0.5, 0.6) is 0 Å². The summed E-state index contributed by atoms with van der Waals surface area (Å²) < 4.78 is 39.1. The summed E-state index contributed by atoms with van der Waals surface area (Å²) >= 11 is 3.17. The standard InChI is InChI=1S/C12H14BrF3N2/c13-10-1-2-11(18-5-3-17-4-6-18)8-9(7-10)12(14,15)16/h1-2,8,17H,3-7H2. The number of alkyl halides is 3. The van der Waals surface area contributed by atoms with Crippen molar-refractivity contribution in [1.29, 1.82) is 0 Å². The van der Waals surface area contributed by atoms with Crippen LogP contribution < -0.4 is 5.32 Å². The lowest BCUT2D eigenvalue weighted by Crippen LogP contribution is -2.42. The second-order valence-electron chi connectivity index (χ2n) is 4.29. The molecular weight excluding hydrogens is 309 g/mol. The Morgan fingerprint density at radius 1 is 1.17 bits per heavy atom. The smallest absolute Gasteiger partial charge is 0.369 e. The predicted molar refractivity (Wildman–Crippen MR) is 68.3 cm³/mol. The van der Waals surface area contributed by atoms with Gasteiger partial charge in [-0.1, -0.05) is 15.9 Å². The van der Waals surface area contributed by atoms with Crippen LogP contribution >= 0.6 is 15.9 Å². The fourth-order valence-electron chi connectivity index (χ4n) is 2.00. The van der Waals surface area contributed by atoms with Gasteiger partial charge in [-0.05, 0) is 22.7 Å². The number of halogens is 4. The molecule has 6 heteroatoms. The number of hydrogen-bond donors (Lipinski definition) is 1. The van der Waals surface area contributed by atoms with Crippen LogP contribution in [0.3, 0.4) is 0 Å². The van der Waals surface area contributed by atoms with Crippen molar-refractivity contribution < 1.29 is 13.2 Å². The highest BCUT2D eigenvalue weighted by Crippen LogP contribution is 2.35. The number of nitrogens with one attached hydrogen (secondary N) is 1. The largest absolute Gasteiger partial charge is 0.413 e. The van der Waals surface area contributed by atoms with Crippen LogP contribution in [0.1, 0.15) is 6.42 Å². The minimum absolute atomic E-state index is 0.102. The molecule has 2 aliphatic rings. The Bertz CT molecular complexity index is 404. The Kier molecular flexibility index (Phi) is 4.17. The maximum Gasteiger partial charge on any atom is 0.413 e. The first-order valence-electron chi connectivity index (χ1n) is 5.76. The lowest BCUT2D eigenvalue weighted by atomic mass is 10.1. The predicted octanol–water partition coefficient (Wildman–Crippen LogP) is 2.95. The molecular formula is C12H14BrF3N2. The second kappa shape index (κ2) is 5.48. The van der Waals surface area contributed by atoms with E-state index in [1.807, 2.05) is 4.90 Å². The molecule has 1 aliphatic carbocycles. The maximum atomic E-state index is 12.9. The molecule has 0 saturated carbocycles. The number of hydrogen-bond acceptors (Lipinski definition) is 2. The van der Waals surface area contributed by atoms with Crippen molar-refractivity contribution in [3.63, 3.8) is 0 Å². The van der Waals surface area contributed by atoms with Gasteiger partial charge < -0.3 is 10.2 Å². The number of rotatable bonds is 1. The summed E-state index contributed by atoms with van der Waals surface area (Å²) in [5.74, 6) is 0. The van der Waals surface area contributed by atoms with E-state index >= 15 is 0 Å². The van der Waals surface area contributed by atoms with Crippen molar-refractivity contribution >= 4 is 15.9 Å². The lowest BCUT2D eigenvalue weighted by molar-refractivity contribution is -0.0931. The van der Waals surface area contributed by atoms with E-state index in [4.69, 9.17) is 0 Å². The molecule has 0 unspecified atom stereocenters. The average Bonchev–Trinajstić information content (AvgIpc) is 2.52. The summed E-state index contributed by atoms with van der Waals surface area (Å²) in [5.41, 5.74) is 0.131. The van der Waals surface area contributed by atoms with Crippen LogP contribution in [0.2, 0.25) is 0 Å². The Morgan fingerprint density at radius 2 is 1.83 bits per heavy atom. The van der Waals surface area contributed by atoms with E-state index in [9.17, 15) is 13.2 Å². The summed E-state index contributed by atoms with van der Waals surface area (Å²) in [4.78, 5) is 1.98. The zero-order valence-electron chi connectivity index (χ0n) is 9.73. The fraction of sp³-hybridized carbons (Fsp3) is 0.500. The molecule has 2 nitrogen and oxygen atoms in total. The summed E-state index contributed by atoms with van der Waals surface area (Å²) in [6.07, 6.45) is 0.330. The van der Waals surface area contributed by atoms with Gasteiger partial charge in [0.05, 0.1) is 0 Å². The lowest BCUT2D eigenvalue weighted by Gasteiger charge is -2.30. The van der Waals surface area contributed by atoms with E-state index in [0.29, 0.717) is 10.2 Å². The van der Waals surface area contributed by atoms with Crippen LogP contribution in [-0.2, 0) is 0 Å². The molecule has 0 aromatic heterocycles. The first-order chi connectivity index (χ1) is 8.47. The van der Waals surface area contributed by atoms with Crippen molar-refractivity contribution in [3.8, 4) is 0 Å². The van der Waals surface area contributed by atoms with Crippen LogP contribution in [0.25, 0.3) is 0 Å². The minimum atomic E-state index is -4.27. The van der Waals surface area contributed by atoms with Gasteiger partial charge in [-0.2, -0.15) is 13.2 Å². The van der Waals surface area contributed by atoms with Crippen molar-refractivity contribution in [2.75, 3.05) is 26.2 Å². The van der Waals surface area contributed by atoms with Gasteiger partial charge in [0.2, 0.25) is 0 Å². The molecule has 0 amide bonds. The van der Waals surface area contributed by atoms with E-state index in [2.05, 4.69) is 21.2 Å². The molecule has 0 aromatic rings. The highest BCUT2D eigenvalue weighted by Gasteiger charge is 2.34. The molecule has 0 atom stereocenters. The molecule has 0 aromatic carbocycles. The summed E-state index contributed by atoms with van der Waals surface area (Å²) in [6, 6.07) is 0. The molecule has 1 aliphatic heterocycles. The average molecular weight is 323 g/mol. The summed E-state index contributed by atoms with van der Waals surface area (Å²) in [6.45, 7) is 3.08. The third kappa shape index (κ3) is 3.38. The summed E-state index contributed by atoms with van der Waals surface area (Å²) in [7, 11) is 0. The zero-order chi connectivity index (χ0) is 13.2. The van der Waals surface area contributed by atoms with E-state index in [0.717, 1.165) is 26.2 Å². The number of allylic oxidation sites excluding steroid dienone is 5. The van der Waals surface area contributed by atoms with Gasteiger partial charge in [-0.3, -0.25) is 0 Å². The van der Waals surface area contributed by atoms with Gasteiger partial charge in [-0.15, -0.1) is 0 Å². The molecule has 1 saturated heterocycles. The van der Waals surface area contributed by atoms with Crippen molar-refractivity contribution in [2.45, 2.75) is 12.6 Å². The van der Waals surface area contributed by atoms with Crippen molar-refractivity contribution in [2.24, 2.45) is 0 Å². The first-order valence-corrected chi connectivity index (χ1v) is 6.56. The van der Waals surface area contributed by atoms with Crippen molar-refractivity contribution in [3.05, 3.63) is 34.0 Å². The Balaban J connectivity index is 2.26. The van der Waals surface area contributed by atoms with E-state index in [-0.39, 0.29) is 6.42 Å². The molecule has 0 radical (unpaired) electrons. The molecule has 100 valence electrons. The third-order valence-corrected chi connectivity index (χ3v) is 3.51. The fourth-order valence-corrected chi connectivity index (χ4v) is 2.43. The van der Waals surface area contributed by atoms with Crippen molar-refractivity contribution in [1.82, 2.24) is 10.2 Å². The SMILES string of the molecule is FC(F)(F)C1=CC(N2CCNCC2)=CC=C(Br)C1. The van der Waals surface area contributed by atoms with Gasteiger partial charge in [0.25, 0.3) is 0 Å². The van der Waals surface area contributed by atoms with Gasteiger partial charge in [0.1, 0.15) is 0 Å². The van der Waals surface area contributed by atoms with Crippen LogP contribution in [-0.4, -0.2) is 37.3 Å². The van der Waals surface area contributed by atoms with E-state index in [1.54, 1.807) is 12.2 Å². The Morgan fingerprint density at radius 3 is 2.44 bits per heavy atom. The monoisotopic (exact) mass is 322 g/mol. The maximum absolute atomic E-state index is 12.9. The highest BCUT2D eigenvalue weighted by molar-refractivity contribution is 9.11. The van der Waals surface area contributed by atoms with Gasteiger partial charge in [-0.25, -0.2) is 0 Å². The molecule has 1 fully saturated rings. The van der Waals surface area contributed by atoms with Crippen LogP contribution in [0, 0.1) is 0 Å². The molecule has 1 heterocycles. The third-order valence-electron chi connectivity index (χ3n) is 2.96. The van der Waals surface area contributed by atoms with Crippen LogP contribution in [0.4, 0.5) is 13.2 Å². The topological polar surface area (TPSA) is 15.3 Å². The van der Waals surface area contributed by atoms with E-state index in [1.165, 1.54) is 6.08 Å². The normalized spacial score (nSPS) is 22.0. The number of nitrogens with zero attached hydrogens (tertiary/aromatic N) is 1. The quantitative estimate of drug-likeness (QED) is 0.798. The molecule has 2 rings (SSSR count). The highest BCUT2D eigenvalue weighted by atomic mass is 79.9. The minimum Gasteiger partial charge on any atom is -0.369 e. The van der Waals surface area contributed by atoms with Gasteiger partial charge >= 0.3 is 6.18 Å². The van der Waals surface area contributed by atoms with Gasteiger partial charge in [0, 0.05) is 43.9 Å². The van der Waals surface area contributed by atoms with E-state index < -0.39 is 11.7 Å². The van der Waals surface area contributed by atoms with Crippen LogP contribution in [0.15, 0.2) is 34.0 Å². The first kappa shape index (κ1) is 13.7. The summed E-state index contributed by atoms with van der Waals surface area (Å²) in [5, 5.41) is 3.18. The molecule has 18 heavy (non-hydrogen) atoms. The Hall–Kier alpha value is -0.750. The molecule has 0 bridgehead atoms. The second-order valence-corrected chi connectivity index (χ2v) is 5.30.